The number of carbonyl (C=O) groups is 3. The molecule has 134 valence electrons. The van der Waals surface area contributed by atoms with Crippen molar-refractivity contribution in [1.29, 1.82) is 0 Å². The molecule has 7 nitrogen and oxygen atoms in total. The largest absolute Gasteiger partial charge is 0.359 e. The molecule has 0 heterocycles. The van der Waals surface area contributed by atoms with Crippen LogP contribution in [0.5, 0.6) is 0 Å². The second-order valence-corrected chi connectivity index (χ2v) is 9.29. The third-order valence-corrected chi connectivity index (χ3v) is 6.46. The Morgan fingerprint density at radius 2 is 1.39 bits per heavy atom. The standard InChI is InChI=1S/C15H30N3O4P/c1-5-17-14(20)7-10-23(22,9-6-13(19)16-4)11-8-15(21)18-12(2)3/h12H,5-11H2,1-4H3,(H,16,19)(H,17,20)(H,18,21). The van der Waals surface area contributed by atoms with Gasteiger partial charge in [-0.05, 0) is 20.8 Å². The fourth-order valence-corrected chi connectivity index (χ4v) is 4.56. The van der Waals surface area contributed by atoms with Crippen molar-refractivity contribution >= 4 is 24.9 Å². The molecule has 0 aromatic rings. The van der Waals surface area contributed by atoms with E-state index in [-0.39, 0.29) is 61.5 Å². The Bertz CT molecular complexity index is 452. The molecule has 0 bridgehead atoms. The van der Waals surface area contributed by atoms with E-state index in [1.54, 1.807) is 0 Å². The highest BCUT2D eigenvalue weighted by Crippen LogP contribution is 2.47. The van der Waals surface area contributed by atoms with E-state index in [1.165, 1.54) is 7.05 Å². The Labute approximate surface area is 138 Å². The fraction of sp³-hybridized carbons (Fsp3) is 0.800. The molecule has 0 aromatic heterocycles. The minimum atomic E-state index is -2.74. The van der Waals surface area contributed by atoms with Gasteiger partial charge in [0.1, 0.15) is 0 Å². The molecule has 0 aromatic carbocycles. The molecule has 23 heavy (non-hydrogen) atoms. The van der Waals surface area contributed by atoms with E-state index < -0.39 is 7.14 Å². The summed E-state index contributed by atoms with van der Waals surface area (Å²) in [6.45, 7) is 6.06. The van der Waals surface area contributed by atoms with Crippen LogP contribution in [0.3, 0.4) is 0 Å². The number of amides is 3. The highest BCUT2D eigenvalue weighted by atomic mass is 31.2. The van der Waals surface area contributed by atoms with Gasteiger partial charge in [0.15, 0.2) is 0 Å². The molecule has 0 radical (unpaired) electrons. The van der Waals surface area contributed by atoms with E-state index >= 15 is 0 Å². The summed E-state index contributed by atoms with van der Waals surface area (Å²) in [6, 6.07) is 0.0306. The molecule has 0 rings (SSSR count). The molecular formula is C15H30N3O4P. The van der Waals surface area contributed by atoms with Crippen molar-refractivity contribution < 1.29 is 18.9 Å². The van der Waals surface area contributed by atoms with Gasteiger partial charge in [-0.3, -0.25) is 14.4 Å². The van der Waals surface area contributed by atoms with E-state index in [2.05, 4.69) is 16.0 Å². The number of hydrogen-bond donors (Lipinski definition) is 3. The Kier molecular flexibility index (Phi) is 10.6. The topological polar surface area (TPSA) is 104 Å². The van der Waals surface area contributed by atoms with Gasteiger partial charge in [-0.25, -0.2) is 0 Å². The van der Waals surface area contributed by atoms with Crippen molar-refractivity contribution in [3.05, 3.63) is 0 Å². The monoisotopic (exact) mass is 347 g/mol. The van der Waals surface area contributed by atoms with Crippen LogP contribution in [0, 0.1) is 0 Å². The Balaban J connectivity index is 4.64. The molecule has 0 saturated carbocycles. The SMILES string of the molecule is CCNC(=O)CCP(=O)(CCC(=O)NC)CCC(=O)NC(C)C. The summed E-state index contributed by atoms with van der Waals surface area (Å²) in [5.41, 5.74) is 0. The molecule has 0 saturated heterocycles. The summed E-state index contributed by atoms with van der Waals surface area (Å²) >= 11 is 0. The highest BCUT2D eigenvalue weighted by molar-refractivity contribution is 7.64. The van der Waals surface area contributed by atoms with Crippen LogP contribution in [0.4, 0.5) is 0 Å². The fourth-order valence-electron chi connectivity index (χ4n) is 2.06. The van der Waals surface area contributed by atoms with Crippen molar-refractivity contribution in [3.8, 4) is 0 Å². The van der Waals surface area contributed by atoms with Gasteiger partial charge in [0.05, 0.1) is 7.14 Å². The van der Waals surface area contributed by atoms with E-state index in [0.717, 1.165) is 0 Å². The van der Waals surface area contributed by atoms with Gasteiger partial charge < -0.3 is 20.5 Å². The molecule has 3 amide bonds. The minimum absolute atomic E-state index is 0.0306. The lowest BCUT2D eigenvalue weighted by molar-refractivity contribution is -0.121. The zero-order valence-corrected chi connectivity index (χ0v) is 15.5. The van der Waals surface area contributed by atoms with Crippen molar-refractivity contribution in [3.63, 3.8) is 0 Å². The van der Waals surface area contributed by atoms with Gasteiger partial charge in [0.25, 0.3) is 0 Å². The maximum absolute atomic E-state index is 13.0. The molecule has 0 aliphatic rings. The van der Waals surface area contributed by atoms with Crippen LogP contribution in [0.2, 0.25) is 0 Å². The first-order valence-corrected chi connectivity index (χ1v) is 10.3. The first-order valence-electron chi connectivity index (χ1n) is 8.06. The van der Waals surface area contributed by atoms with Gasteiger partial charge in [-0.15, -0.1) is 0 Å². The average Bonchev–Trinajstić information content (AvgIpc) is 2.48. The molecule has 0 spiro atoms. The lowest BCUT2D eigenvalue weighted by Crippen LogP contribution is -2.31. The summed E-state index contributed by atoms with van der Waals surface area (Å²) in [7, 11) is -1.22. The van der Waals surface area contributed by atoms with Gasteiger partial charge >= 0.3 is 0 Å². The van der Waals surface area contributed by atoms with Crippen molar-refractivity contribution in [2.75, 3.05) is 32.1 Å². The molecule has 8 heteroatoms. The number of nitrogens with one attached hydrogen (secondary N) is 3. The minimum Gasteiger partial charge on any atom is -0.359 e. The summed E-state index contributed by atoms with van der Waals surface area (Å²) in [5.74, 6) is -0.493. The van der Waals surface area contributed by atoms with Crippen molar-refractivity contribution in [2.24, 2.45) is 0 Å². The van der Waals surface area contributed by atoms with E-state index in [0.29, 0.717) is 6.54 Å². The van der Waals surface area contributed by atoms with Crippen LogP contribution in [0.15, 0.2) is 0 Å². The zero-order chi connectivity index (χ0) is 17.9. The number of rotatable bonds is 11. The highest BCUT2D eigenvalue weighted by Gasteiger charge is 2.25. The van der Waals surface area contributed by atoms with Gasteiger partial charge in [0.2, 0.25) is 17.7 Å². The summed E-state index contributed by atoms with van der Waals surface area (Å²) in [5, 5.41) is 7.92. The zero-order valence-electron chi connectivity index (χ0n) is 14.6. The molecule has 1 unspecified atom stereocenters. The van der Waals surface area contributed by atoms with Crippen LogP contribution in [0.25, 0.3) is 0 Å². The van der Waals surface area contributed by atoms with Crippen LogP contribution in [-0.4, -0.2) is 55.8 Å². The predicted octanol–water partition coefficient (Wildman–Crippen LogP) is 0.927. The molecule has 0 aliphatic carbocycles. The quantitative estimate of drug-likeness (QED) is 0.484. The molecule has 0 fully saturated rings. The smallest absolute Gasteiger partial charge is 0.220 e. The number of hydrogen-bond acceptors (Lipinski definition) is 4. The predicted molar refractivity (Wildman–Crippen MR) is 92.1 cm³/mol. The second-order valence-electron chi connectivity index (χ2n) is 5.83. The van der Waals surface area contributed by atoms with Crippen LogP contribution in [0.1, 0.15) is 40.0 Å². The van der Waals surface area contributed by atoms with E-state index in [4.69, 9.17) is 0 Å². The lowest BCUT2D eigenvalue weighted by atomic mass is 10.3. The second kappa shape index (κ2) is 11.2. The van der Waals surface area contributed by atoms with E-state index in [9.17, 15) is 18.9 Å². The third-order valence-electron chi connectivity index (χ3n) is 3.34. The first-order chi connectivity index (χ1) is 10.7. The van der Waals surface area contributed by atoms with Gasteiger partial charge in [0, 0.05) is 57.4 Å². The van der Waals surface area contributed by atoms with E-state index in [1.807, 2.05) is 20.8 Å². The average molecular weight is 347 g/mol. The van der Waals surface area contributed by atoms with Crippen LogP contribution < -0.4 is 16.0 Å². The molecule has 0 aliphatic heterocycles. The normalized spacial score (nSPS) is 13.3. The summed E-state index contributed by atoms with van der Waals surface area (Å²) in [4.78, 5) is 34.7. The first kappa shape index (κ1) is 21.6. The Morgan fingerprint density at radius 1 is 0.913 bits per heavy atom. The molecular weight excluding hydrogens is 317 g/mol. The Morgan fingerprint density at radius 3 is 1.83 bits per heavy atom. The third kappa shape index (κ3) is 10.9. The maximum Gasteiger partial charge on any atom is 0.220 e. The van der Waals surface area contributed by atoms with Crippen molar-refractivity contribution in [2.45, 2.75) is 46.1 Å². The van der Waals surface area contributed by atoms with Gasteiger partial charge in [-0.2, -0.15) is 0 Å². The Hall–Kier alpha value is -1.36. The molecule has 3 N–H and O–H groups in total. The summed E-state index contributed by atoms with van der Waals surface area (Å²) < 4.78 is 13.0. The van der Waals surface area contributed by atoms with Crippen LogP contribution >= 0.6 is 7.14 Å². The summed E-state index contributed by atoms with van der Waals surface area (Å²) in [6.07, 6.45) is 1.13. The van der Waals surface area contributed by atoms with Gasteiger partial charge in [-0.1, -0.05) is 0 Å². The maximum atomic E-state index is 13.0. The molecule has 1 atom stereocenters. The van der Waals surface area contributed by atoms with Crippen LogP contribution in [-0.2, 0) is 18.9 Å². The number of carbonyl (C=O) groups excluding carboxylic acids is 3. The lowest BCUT2D eigenvalue weighted by Gasteiger charge is -2.18. The van der Waals surface area contributed by atoms with Crippen molar-refractivity contribution in [1.82, 2.24) is 16.0 Å².